The zero-order chi connectivity index (χ0) is 20.0. The molecule has 1 unspecified atom stereocenters. The van der Waals surface area contributed by atoms with Crippen LogP contribution in [0.5, 0.6) is 11.5 Å². The second-order valence-corrected chi connectivity index (χ2v) is 7.76. The van der Waals surface area contributed by atoms with Crippen LogP contribution in [0.2, 0.25) is 0 Å². The van der Waals surface area contributed by atoms with Crippen LogP contribution in [0.1, 0.15) is 56.8 Å². The second kappa shape index (κ2) is 9.62. The minimum absolute atomic E-state index is 0.0241. The monoisotopic (exact) mass is 376 g/mol. The molecule has 1 aromatic rings. The Morgan fingerprint density at radius 1 is 1.00 bits per heavy atom. The van der Waals surface area contributed by atoms with Crippen molar-refractivity contribution in [1.82, 2.24) is 10.6 Å². The first-order valence-electron chi connectivity index (χ1n) is 9.68. The molecular weight excluding hydrogens is 344 g/mol. The molecule has 6 heteroatoms. The maximum absolute atomic E-state index is 12.8. The molecule has 2 rings (SSSR count). The van der Waals surface area contributed by atoms with Gasteiger partial charge in [0, 0.05) is 17.7 Å². The number of hydrogen-bond donors (Lipinski definition) is 2. The van der Waals surface area contributed by atoms with Gasteiger partial charge in [0.15, 0.2) is 0 Å². The highest BCUT2D eigenvalue weighted by Crippen LogP contribution is 2.24. The van der Waals surface area contributed by atoms with Crippen LogP contribution in [0.3, 0.4) is 0 Å². The molecule has 0 heterocycles. The molecule has 27 heavy (non-hydrogen) atoms. The van der Waals surface area contributed by atoms with Gasteiger partial charge in [-0.15, -0.1) is 0 Å². The van der Waals surface area contributed by atoms with Gasteiger partial charge in [-0.25, -0.2) is 0 Å². The molecule has 150 valence electrons. The number of carbonyl (C=O) groups excluding carboxylic acids is 2. The number of ether oxygens (including phenoxy) is 2. The normalized spacial score (nSPS) is 20.7. The zero-order valence-electron chi connectivity index (χ0n) is 17.0. The van der Waals surface area contributed by atoms with E-state index >= 15 is 0 Å². The quantitative estimate of drug-likeness (QED) is 0.766. The van der Waals surface area contributed by atoms with Gasteiger partial charge in [0.1, 0.15) is 17.5 Å². The molecule has 1 atom stereocenters. The molecule has 2 amide bonds. The molecule has 6 nitrogen and oxygen atoms in total. The Labute approximate surface area is 162 Å². The van der Waals surface area contributed by atoms with Crippen molar-refractivity contribution in [3.8, 4) is 11.5 Å². The third kappa shape index (κ3) is 5.88. The molecule has 0 radical (unpaired) electrons. The van der Waals surface area contributed by atoms with Crippen LogP contribution in [-0.2, 0) is 4.79 Å². The average molecular weight is 376 g/mol. The molecule has 0 bridgehead atoms. The Bertz CT molecular complexity index is 629. The van der Waals surface area contributed by atoms with E-state index in [4.69, 9.17) is 9.47 Å². The summed E-state index contributed by atoms with van der Waals surface area (Å²) in [6.45, 7) is 6.11. The summed E-state index contributed by atoms with van der Waals surface area (Å²) in [6.07, 6.45) is 4.26. The minimum Gasteiger partial charge on any atom is -0.497 e. The molecular formula is C21H32N2O4. The fourth-order valence-corrected chi connectivity index (χ4v) is 3.39. The molecule has 0 spiro atoms. The Kier molecular flexibility index (Phi) is 7.51. The summed E-state index contributed by atoms with van der Waals surface area (Å²) in [5.41, 5.74) is 0.399. The summed E-state index contributed by atoms with van der Waals surface area (Å²) in [7, 11) is 3.07. The predicted octanol–water partition coefficient (Wildman–Crippen LogP) is 3.15. The van der Waals surface area contributed by atoms with Crippen molar-refractivity contribution < 1.29 is 19.1 Å². The van der Waals surface area contributed by atoms with Gasteiger partial charge < -0.3 is 20.1 Å². The Balaban J connectivity index is 2.06. The number of rotatable bonds is 7. The lowest BCUT2D eigenvalue weighted by molar-refractivity contribution is -0.124. The van der Waals surface area contributed by atoms with E-state index < -0.39 is 6.04 Å². The van der Waals surface area contributed by atoms with E-state index in [9.17, 15) is 9.59 Å². The third-order valence-corrected chi connectivity index (χ3v) is 5.21. The number of carbonyl (C=O) groups is 2. The molecule has 1 fully saturated rings. The first kappa shape index (κ1) is 21.1. The van der Waals surface area contributed by atoms with Gasteiger partial charge in [-0.2, -0.15) is 0 Å². The molecule has 1 aliphatic rings. The number of amides is 2. The van der Waals surface area contributed by atoms with Crippen molar-refractivity contribution in [2.75, 3.05) is 14.2 Å². The topological polar surface area (TPSA) is 76.7 Å². The van der Waals surface area contributed by atoms with E-state index in [1.54, 1.807) is 18.2 Å². The average Bonchev–Trinajstić information content (AvgIpc) is 2.66. The summed E-state index contributed by atoms with van der Waals surface area (Å²) in [6, 6.07) is 4.58. The van der Waals surface area contributed by atoms with Crippen molar-refractivity contribution in [2.45, 2.75) is 58.5 Å². The van der Waals surface area contributed by atoms with Crippen LogP contribution in [0.15, 0.2) is 18.2 Å². The predicted molar refractivity (Wildman–Crippen MR) is 105 cm³/mol. The fourth-order valence-electron chi connectivity index (χ4n) is 3.39. The van der Waals surface area contributed by atoms with E-state index in [2.05, 4.69) is 17.6 Å². The maximum Gasteiger partial charge on any atom is 0.252 e. The van der Waals surface area contributed by atoms with Crippen LogP contribution < -0.4 is 20.1 Å². The van der Waals surface area contributed by atoms with Gasteiger partial charge in [-0.3, -0.25) is 9.59 Å². The standard InChI is InChI=1S/C21H32N2O4/c1-13(2)19(21(25)22-16-8-6-14(3)7-9-16)23-20(24)15-10-17(26-4)12-18(11-15)27-5/h10-14,16,19H,6-9H2,1-5H3,(H,22,25)(H,23,24). The van der Waals surface area contributed by atoms with Gasteiger partial charge in [0.25, 0.3) is 5.91 Å². The van der Waals surface area contributed by atoms with Crippen LogP contribution in [0.4, 0.5) is 0 Å². The van der Waals surface area contributed by atoms with Crippen LogP contribution in [0.25, 0.3) is 0 Å². The van der Waals surface area contributed by atoms with E-state index in [1.807, 2.05) is 13.8 Å². The molecule has 1 aromatic carbocycles. The van der Waals surface area contributed by atoms with Crippen molar-refractivity contribution in [2.24, 2.45) is 11.8 Å². The van der Waals surface area contributed by atoms with Gasteiger partial charge in [-0.05, 0) is 49.7 Å². The number of benzene rings is 1. The molecule has 0 aromatic heterocycles. The highest BCUT2D eigenvalue weighted by Gasteiger charge is 2.28. The van der Waals surface area contributed by atoms with Crippen molar-refractivity contribution in [3.05, 3.63) is 23.8 Å². The van der Waals surface area contributed by atoms with Gasteiger partial charge >= 0.3 is 0 Å². The van der Waals surface area contributed by atoms with Gasteiger partial charge in [-0.1, -0.05) is 20.8 Å². The highest BCUT2D eigenvalue weighted by atomic mass is 16.5. The van der Waals surface area contributed by atoms with E-state index in [0.717, 1.165) is 31.6 Å². The van der Waals surface area contributed by atoms with Crippen LogP contribution >= 0.6 is 0 Å². The number of hydrogen-bond acceptors (Lipinski definition) is 4. The van der Waals surface area contributed by atoms with Gasteiger partial charge in [0.05, 0.1) is 14.2 Å². The number of methoxy groups -OCH3 is 2. The molecule has 1 saturated carbocycles. The van der Waals surface area contributed by atoms with Crippen LogP contribution in [0, 0.1) is 11.8 Å². The summed E-state index contributed by atoms with van der Waals surface area (Å²) in [5.74, 6) is 1.32. The summed E-state index contributed by atoms with van der Waals surface area (Å²) < 4.78 is 10.4. The highest BCUT2D eigenvalue weighted by molar-refractivity contribution is 5.98. The first-order chi connectivity index (χ1) is 12.8. The maximum atomic E-state index is 12.8. The van der Waals surface area contributed by atoms with E-state index in [-0.39, 0.29) is 23.8 Å². The summed E-state index contributed by atoms with van der Waals surface area (Å²) in [5, 5.41) is 5.99. The van der Waals surface area contributed by atoms with Gasteiger partial charge in [0.2, 0.25) is 5.91 Å². The minimum atomic E-state index is -0.589. The lowest BCUT2D eigenvalue weighted by atomic mass is 9.87. The first-order valence-corrected chi connectivity index (χ1v) is 9.68. The molecule has 1 aliphatic carbocycles. The summed E-state index contributed by atoms with van der Waals surface area (Å²) >= 11 is 0. The fraction of sp³-hybridized carbons (Fsp3) is 0.619. The SMILES string of the molecule is COc1cc(OC)cc(C(=O)NC(C(=O)NC2CCC(C)CC2)C(C)C)c1. The largest absolute Gasteiger partial charge is 0.497 e. The van der Waals surface area contributed by atoms with Crippen molar-refractivity contribution in [3.63, 3.8) is 0 Å². The Morgan fingerprint density at radius 2 is 1.56 bits per heavy atom. The molecule has 0 saturated heterocycles. The van der Waals surface area contributed by atoms with Crippen LogP contribution in [-0.4, -0.2) is 38.1 Å². The Morgan fingerprint density at radius 3 is 2.04 bits per heavy atom. The lowest BCUT2D eigenvalue weighted by Crippen LogP contribution is -2.52. The Hall–Kier alpha value is -2.24. The smallest absolute Gasteiger partial charge is 0.252 e. The second-order valence-electron chi connectivity index (χ2n) is 7.76. The lowest BCUT2D eigenvalue weighted by Gasteiger charge is -2.29. The van der Waals surface area contributed by atoms with Crippen molar-refractivity contribution in [1.29, 1.82) is 0 Å². The summed E-state index contributed by atoms with van der Waals surface area (Å²) in [4.78, 5) is 25.5. The van der Waals surface area contributed by atoms with E-state index in [0.29, 0.717) is 17.1 Å². The third-order valence-electron chi connectivity index (χ3n) is 5.21. The zero-order valence-corrected chi connectivity index (χ0v) is 17.0. The number of nitrogens with one attached hydrogen (secondary N) is 2. The van der Waals surface area contributed by atoms with Crippen molar-refractivity contribution >= 4 is 11.8 Å². The molecule has 0 aliphatic heterocycles. The molecule has 2 N–H and O–H groups in total. The van der Waals surface area contributed by atoms with E-state index in [1.165, 1.54) is 14.2 Å².